The number of carbonyl (C=O) groups excluding carboxylic acids is 1. The number of ether oxygens (including phenoxy) is 1. The lowest BCUT2D eigenvalue weighted by Crippen LogP contribution is -2.71. The zero-order valence-corrected chi connectivity index (χ0v) is 20.7. The molecule has 1 aliphatic carbocycles. The van der Waals surface area contributed by atoms with Gasteiger partial charge in [-0.25, -0.2) is 0 Å². The third-order valence-corrected chi connectivity index (χ3v) is 13.6. The standard InChI is InChI=1S/C24H39NO3Si/c1-15(2)29(16(3)4,17(5)6)28-22-21(20-14-24(20,7)8)25(23(22)26)18-10-12-19(27-9)13-11-18/h10-13,15-17,20-22H,14H2,1-9H3/t20-,21+,22-/m1/s1. The molecule has 5 heteroatoms. The van der Waals surface area contributed by atoms with E-state index in [0.29, 0.717) is 22.5 Å². The Kier molecular flexibility index (Phi) is 5.96. The Morgan fingerprint density at radius 1 is 1.00 bits per heavy atom. The first kappa shape index (κ1) is 22.4. The van der Waals surface area contributed by atoms with Crippen LogP contribution in [0.2, 0.25) is 16.6 Å². The van der Waals surface area contributed by atoms with Crippen LogP contribution in [0.15, 0.2) is 24.3 Å². The maximum atomic E-state index is 13.4. The van der Waals surface area contributed by atoms with E-state index in [9.17, 15) is 4.79 Å². The third-order valence-electron chi connectivity index (χ3n) is 7.48. The molecule has 1 aromatic rings. The van der Waals surface area contributed by atoms with Crippen molar-refractivity contribution in [3.8, 4) is 5.75 Å². The van der Waals surface area contributed by atoms with E-state index in [-0.39, 0.29) is 23.5 Å². The van der Waals surface area contributed by atoms with Crippen LogP contribution in [0.1, 0.15) is 61.8 Å². The van der Waals surface area contributed by atoms with Crippen LogP contribution in [0.25, 0.3) is 0 Å². The van der Waals surface area contributed by atoms with Crippen LogP contribution in [0.5, 0.6) is 5.75 Å². The molecule has 3 rings (SSSR count). The molecule has 29 heavy (non-hydrogen) atoms. The van der Waals surface area contributed by atoms with Gasteiger partial charge in [-0.05, 0) is 58.6 Å². The van der Waals surface area contributed by atoms with Gasteiger partial charge in [0.25, 0.3) is 5.91 Å². The average molecular weight is 418 g/mol. The van der Waals surface area contributed by atoms with Gasteiger partial charge in [0, 0.05) is 5.69 Å². The molecule has 2 aliphatic rings. The second kappa shape index (κ2) is 7.73. The smallest absolute Gasteiger partial charge is 0.257 e. The Labute approximate surface area is 178 Å². The first-order valence-corrected chi connectivity index (χ1v) is 13.3. The van der Waals surface area contributed by atoms with Crippen molar-refractivity contribution in [2.75, 3.05) is 12.0 Å². The Balaban J connectivity index is 1.93. The van der Waals surface area contributed by atoms with Gasteiger partial charge in [-0.2, -0.15) is 0 Å². The number of β-lactam (4-membered cyclic amide) rings is 1. The summed E-state index contributed by atoms with van der Waals surface area (Å²) < 4.78 is 12.3. The van der Waals surface area contributed by atoms with Crippen LogP contribution in [-0.2, 0) is 9.22 Å². The van der Waals surface area contributed by atoms with E-state index in [0.717, 1.165) is 17.9 Å². The molecule has 0 radical (unpaired) electrons. The summed E-state index contributed by atoms with van der Waals surface area (Å²) in [6.45, 7) is 18.3. The molecule has 1 heterocycles. The molecular weight excluding hydrogens is 378 g/mol. The molecule has 0 bridgehead atoms. The van der Waals surface area contributed by atoms with Crippen molar-refractivity contribution in [1.29, 1.82) is 0 Å². The van der Waals surface area contributed by atoms with Gasteiger partial charge in [-0.1, -0.05) is 55.4 Å². The van der Waals surface area contributed by atoms with Crippen molar-refractivity contribution in [1.82, 2.24) is 0 Å². The number of benzene rings is 1. The monoisotopic (exact) mass is 417 g/mol. The quantitative estimate of drug-likeness (QED) is 0.384. The molecule has 162 valence electrons. The maximum Gasteiger partial charge on any atom is 0.257 e. The van der Waals surface area contributed by atoms with Gasteiger partial charge in [0.15, 0.2) is 0 Å². The number of nitrogens with zero attached hydrogens (tertiary/aromatic N) is 1. The lowest BCUT2D eigenvalue weighted by molar-refractivity contribution is -0.136. The van der Waals surface area contributed by atoms with Crippen LogP contribution in [-0.4, -0.2) is 33.5 Å². The topological polar surface area (TPSA) is 38.8 Å². The van der Waals surface area contributed by atoms with Crippen molar-refractivity contribution in [3.63, 3.8) is 0 Å². The van der Waals surface area contributed by atoms with Crippen LogP contribution in [0, 0.1) is 11.3 Å². The largest absolute Gasteiger partial charge is 0.497 e. The maximum absolute atomic E-state index is 13.4. The van der Waals surface area contributed by atoms with Crippen molar-refractivity contribution < 1.29 is 14.0 Å². The minimum Gasteiger partial charge on any atom is -0.497 e. The fraction of sp³-hybridized carbons (Fsp3) is 0.708. The summed E-state index contributed by atoms with van der Waals surface area (Å²) in [7, 11) is -0.457. The molecule has 0 spiro atoms. The molecule has 0 aromatic heterocycles. The highest BCUT2D eigenvalue weighted by Gasteiger charge is 2.64. The first-order chi connectivity index (χ1) is 13.5. The summed E-state index contributed by atoms with van der Waals surface area (Å²) in [5.41, 5.74) is 2.64. The summed E-state index contributed by atoms with van der Waals surface area (Å²) >= 11 is 0. The summed E-state index contributed by atoms with van der Waals surface area (Å²) in [5.74, 6) is 1.43. The van der Waals surface area contributed by atoms with E-state index >= 15 is 0 Å². The number of hydrogen-bond donors (Lipinski definition) is 0. The number of carbonyl (C=O) groups is 1. The van der Waals surface area contributed by atoms with Crippen molar-refractivity contribution in [2.24, 2.45) is 11.3 Å². The average Bonchev–Trinajstić information content (AvgIpc) is 3.26. The zero-order valence-electron chi connectivity index (χ0n) is 19.7. The van der Waals surface area contributed by atoms with Gasteiger partial charge in [0.05, 0.1) is 13.2 Å². The van der Waals surface area contributed by atoms with E-state index in [1.807, 2.05) is 29.2 Å². The van der Waals surface area contributed by atoms with Crippen LogP contribution >= 0.6 is 0 Å². The highest BCUT2D eigenvalue weighted by atomic mass is 28.4. The van der Waals surface area contributed by atoms with Crippen molar-refractivity contribution in [2.45, 2.75) is 90.6 Å². The highest BCUT2D eigenvalue weighted by molar-refractivity contribution is 6.77. The summed E-state index contributed by atoms with van der Waals surface area (Å²) in [6.07, 6.45) is 0.847. The number of hydrogen-bond acceptors (Lipinski definition) is 3. The molecule has 1 amide bonds. The first-order valence-electron chi connectivity index (χ1n) is 11.1. The SMILES string of the molecule is COc1ccc(N2C(=O)[C@H](O[Si](C(C)C)(C(C)C)C(C)C)[C@@H]2[C@H]2CC2(C)C)cc1. The molecule has 4 nitrogen and oxygen atoms in total. The second-order valence-electron chi connectivity index (χ2n) is 10.6. The van der Waals surface area contributed by atoms with E-state index in [1.165, 1.54) is 0 Å². The fourth-order valence-corrected chi connectivity index (χ4v) is 11.3. The predicted octanol–water partition coefficient (Wildman–Crippen LogP) is 6.02. The Morgan fingerprint density at radius 3 is 1.86 bits per heavy atom. The number of anilines is 1. The lowest BCUT2D eigenvalue weighted by Gasteiger charge is -2.53. The lowest BCUT2D eigenvalue weighted by atomic mass is 9.89. The van der Waals surface area contributed by atoms with Gasteiger partial charge in [0.2, 0.25) is 8.32 Å². The van der Waals surface area contributed by atoms with Crippen molar-refractivity contribution >= 4 is 19.9 Å². The van der Waals surface area contributed by atoms with Gasteiger partial charge in [-0.15, -0.1) is 0 Å². The summed E-state index contributed by atoms with van der Waals surface area (Å²) in [6, 6.07) is 7.98. The van der Waals surface area contributed by atoms with Crippen LogP contribution in [0.4, 0.5) is 5.69 Å². The van der Waals surface area contributed by atoms with E-state index in [4.69, 9.17) is 9.16 Å². The van der Waals surface area contributed by atoms with Crippen LogP contribution < -0.4 is 9.64 Å². The van der Waals surface area contributed by atoms with Crippen molar-refractivity contribution in [3.05, 3.63) is 24.3 Å². The Hall–Kier alpha value is -1.33. The predicted molar refractivity (Wildman–Crippen MR) is 122 cm³/mol. The third kappa shape index (κ3) is 3.65. The fourth-order valence-electron chi connectivity index (χ4n) is 5.76. The Morgan fingerprint density at radius 2 is 1.48 bits per heavy atom. The van der Waals surface area contributed by atoms with Gasteiger partial charge >= 0.3 is 0 Å². The normalized spacial score (nSPS) is 26.3. The second-order valence-corrected chi connectivity index (χ2v) is 16.0. The minimum atomic E-state index is -2.12. The summed E-state index contributed by atoms with van der Waals surface area (Å²) in [5, 5.41) is 0. The molecule has 1 saturated heterocycles. The number of amides is 1. The van der Waals surface area contributed by atoms with Gasteiger partial charge < -0.3 is 14.1 Å². The van der Waals surface area contributed by atoms with Crippen LogP contribution in [0.3, 0.4) is 0 Å². The molecule has 2 fully saturated rings. The molecule has 0 unspecified atom stereocenters. The minimum absolute atomic E-state index is 0.127. The zero-order chi connectivity index (χ0) is 21.7. The van der Waals surface area contributed by atoms with E-state index in [2.05, 4.69) is 55.4 Å². The molecule has 1 saturated carbocycles. The molecule has 1 aromatic carbocycles. The molecule has 3 atom stereocenters. The number of rotatable bonds is 8. The number of methoxy groups -OCH3 is 1. The van der Waals surface area contributed by atoms with E-state index in [1.54, 1.807) is 7.11 Å². The molecule has 1 aliphatic heterocycles. The van der Waals surface area contributed by atoms with Gasteiger partial charge in [0.1, 0.15) is 11.9 Å². The Bertz CT molecular complexity index is 719. The van der Waals surface area contributed by atoms with Gasteiger partial charge in [-0.3, -0.25) is 4.79 Å². The molecule has 0 N–H and O–H groups in total. The van der Waals surface area contributed by atoms with E-state index < -0.39 is 8.32 Å². The summed E-state index contributed by atoms with van der Waals surface area (Å²) in [4.78, 5) is 15.4. The highest BCUT2D eigenvalue weighted by Crippen LogP contribution is 2.59. The molecular formula is C24H39NO3Si.